The number of benzene rings is 2. The lowest BCUT2D eigenvalue weighted by Crippen LogP contribution is -2.60. The average molecular weight is 586 g/mol. The molecule has 1 saturated heterocycles. The first kappa shape index (κ1) is 27.9. The Kier molecular flexibility index (Phi) is 7.97. The van der Waals surface area contributed by atoms with Gasteiger partial charge in [0.1, 0.15) is 0 Å². The summed E-state index contributed by atoms with van der Waals surface area (Å²) in [6.07, 6.45) is 9.11. The number of carbonyl (C=O) groups is 1. The van der Waals surface area contributed by atoms with Crippen LogP contribution in [-0.4, -0.2) is 33.5 Å². The van der Waals surface area contributed by atoms with Crippen LogP contribution in [0.25, 0.3) is 0 Å². The molecule has 1 aromatic heterocycles. The number of carbonyl (C=O) groups excluding carboxylic acids is 1. The number of nitrogens with one attached hydrogen (secondary N) is 2. The van der Waals surface area contributed by atoms with Crippen LogP contribution in [0.3, 0.4) is 0 Å². The second kappa shape index (κ2) is 12.0. The van der Waals surface area contributed by atoms with Crippen LogP contribution < -0.4 is 10.6 Å². The van der Waals surface area contributed by atoms with Gasteiger partial charge in [-0.15, -0.1) is 11.8 Å². The van der Waals surface area contributed by atoms with E-state index in [1.165, 1.54) is 19.3 Å². The first-order valence-electron chi connectivity index (χ1n) is 15.3. The van der Waals surface area contributed by atoms with Crippen molar-refractivity contribution in [1.29, 1.82) is 0 Å². The highest BCUT2D eigenvalue weighted by Gasteiger charge is 2.51. The van der Waals surface area contributed by atoms with Crippen LogP contribution in [0.5, 0.6) is 0 Å². The number of rotatable bonds is 8. The number of amides is 2. The van der Waals surface area contributed by atoms with Crippen molar-refractivity contribution in [3.8, 4) is 0 Å². The molecule has 7 nitrogen and oxygen atoms in total. The van der Waals surface area contributed by atoms with Crippen molar-refractivity contribution >= 4 is 23.5 Å². The molecular weight excluding hydrogens is 546 g/mol. The van der Waals surface area contributed by atoms with E-state index in [2.05, 4.69) is 15.6 Å². The van der Waals surface area contributed by atoms with Gasteiger partial charge in [-0.2, -0.15) is 0 Å². The van der Waals surface area contributed by atoms with Gasteiger partial charge in [0.25, 0.3) is 0 Å². The maximum absolute atomic E-state index is 13.2. The average Bonchev–Trinajstić information content (AvgIpc) is 2.99. The summed E-state index contributed by atoms with van der Waals surface area (Å²) in [5.41, 5.74) is 3.49. The number of aromatic nitrogens is 1. The lowest BCUT2D eigenvalue weighted by atomic mass is 9.53. The Labute approximate surface area is 251 Å². The maximum atomic E-state index is 13.2. The predicted molar refractivity (Wildman–Crippen MR) is 163 cm³/mol. The maximum Gasteiger partial charge on any atom is 0.319 e. The van der Waals surface area contributed by atoms with E-state index in [1.807, 2.05) is 66.7 Å². The van der Waals surface area contributed by atoms with Crippen LogP contribution in [-0.2, 0) is 16.1 Å². The molecule has 2 heterocycles. The molecule has 0 unspecified atom stereocenters. The smallest absolute Gasteiger partial charge is 0.319 e. The highest BCUT2D eigenvalue weighted by atomic mass is 32.2. The molecule has 4 aliphatic carbocycles. The number of nitrogens with zero attached hydrogens (tertiary/aromatic N) is 1. The van der Waals surface area contributed by atoms with Crippen LogP contribution in [0.2, 0.25) is 0 Å². The van der Waals surface area contributed by atoms with Crippen LogP contribution in [0, 0.1) is 17.8 Å². The van der Waals surface area contributed by atoms with Gasteiger partial charge in [0, 0.05) is 35.2 Å². The zero-order chi connectivity index (χ0) is 28.5. The molecule has 5 aliphatic rings. The van der Waals surface area contributed by atoms with Gasteiger partial charge in [-0.05, 0) is 91.7 Å². The van der Waals surface area contributed by atoms with Crippen molar-refractivity contribution in [3.05, 3.63) is 89.6 Å². The summed E-state index contributed by atoms with van der Waals surface area (Å²) in [7, 11) is 0. The minimum atomic E-state index is -0.580. The van der Waals surface area contributed by atoms with Crippen LogP contribution in [0.15, 0.2) is 78.0 Å². The van der Waals surface area contributed by atoms with Crippen LogP contribution in [0.4, 0.5) is 10.5 Å². The molecule has 0 spiro atoms. The quantitative estimate of drug-likeness (QED) is 0.247. The highest BCUT2D eigenvalue weighted by Crippen LogP contribution is 2.55. The third-order valence-corrected chi connectivity index (χ3v) is 10.6. The molecule has 5 fully saturated rings. The largest absolute Gasteiger partial charge is 0.392 e. The number of hydrogen-bond acceptors (Lipinski definition) is 6. The summed E-state index contributed by atoms with van der Waals surface area (Å²) >= 11 is 1.68. The summed E-state index contributed by atoms with van der Waals surface area (Å²) in [6, 6.07) is 21.5. The monoisotopic (exact) mass is 585 g/mol. The van der Waals surface area contributed by atoms with E-state index < -0.39 is 6.29 Å². The van der Waals surface area contributed by atoms with Gasteiger partial charge in [-0.3, -0.25) is 0 Å². The molecule has 3 aromatic rings. The minimum absolute atomic E-state index is 0.0110. The molecule has 220 valence electrons. The van der Waals surface area contributed by atoms with Gasteiger partial charge in [-0.25, -0.2) is 9.78 Å². The summed E-state index contributed by atoms with van der Waals surface area (Å²) in [5, 5.41) is 17.0. The molecule has 42 heavy (non-hydrogen) atoms. The molecule has 1 aliphatic heterocycles. The van der Waals surface area contributed by atoms with Crippen molar-refractivity contribution in [2.45, 2.75) is 80.6 Å². The Bertz CT molecular complexity index is 1350. The Morgan fingerprint density at radius 2 is 1.67 bits per heavy atom. The molecule has 4 bridgehead atoms. The molecule has 2 amide bonds. The highest BCUT2D eigenvalue weighted by molar-refractivity contribution is 7.99. The molecule has 3 N–H and O–H groups in total. The topological polar surface area (TPSA) is 92.7 Å². The first-order chi connectivity index (χ1) is 20.5. The predicted octanol–water partition coefficient (Wildman–Crippen LogP) is 7.00. The molecular formula is C34H39N3O4S. The molecule has 8 heteroatoms. The number of pyridine rings is 1. The Hall–Kier alpha value is -2.91. The van der Waals surface area contributed by atoms with Crippen molar-refractivity contribution in [2.24, 2.45) is 17.8 Å². The molecule has 2 aromatic carbocycles. The number of anilines is 1. The number of hydrogen-bond donors (Lipinski definition) is 3. The van der Waals surface area contributed by atoms with Gasteiger partial charge in [0.15, 0.2) is 6.29 Å². The van der Waals surface area contributed by atoms with Crippen molar-refractivity contribution in [3.63, 3.8) is 0 Å². The summed E-state index contributed by atoms with van der Waals surface area (Å²) in [5.74, 6) is 3.07. The third kappa shape index (κ3) is 6.23. The van der Waals surface area contributed by atoms with Gasteiger partial charge in [0.05, 0.1) is 23.8 Å². The number of urea groups is 1. The lowest BCUT2D eigenvalue weighted by Gasteiger charge is -2.56. The van der Waals surface area contributed by atoms with E-state index in [0.717, 1.165) is 70.2 Å². The van der Waals surface area contributed by atoms with E-state index in [4.69, 9.17) is 9.47 Å². The van der Waals surface area contributed by atoms with E-state index in [0.29, 0.717) is 6.42 Å². The van der Waals surface area contributed by atoms with E-state index in [-0.39, 0.29) is 30.4 Å². The van der Waals surface area contributed by atoms with Crippen LogP contribution in [0.1, 0.15) is 74.0 Å². The van der Waals surface area contributed by atoms with E-state index in [1.54, 1.807) is 18.0 Å². The van der Waals surface area contributed by atoms with E-state index >= 15 is 0 Å². The third-order valence-electron chi connectivity index (χ3n) is 9.50. The molecule has 3 atom stereocenters. The summed E-state index contributed by atoms with van der Waals surface area (Å²) in [4.78, 5) is 17.7. The normalized spacial score (nSPS) is 31.5. The van der Waals surface area contributed by atoms with Gasteiger partial charge < -0.3 is 25.2 Å². The van der Waals surface area contributed by atoms with Crippen molar-refractivity contribution < 1.29 is 19.4 Å². The fourth-order valence-electron chi connectivity index (χ4n) is 8.06. The fourth-order valence-corrected chi connectivity index (χ4v) is 8.94. The zero-order valence-electron chi connectivity index (χ0n) is 23.8. The van der Waals surface area contributed by atoms with Gasteiger partial charge >= 0.3 is 6.03 Å². The van der Waals surface area contributed by atoms with Crippen molar-refractivity contribution in [2.75, 3.05) is 11.1 Å². The second-order valence-electron chi connectivity index (χ2n) is 12.7. The Morgan fingerprint density at radius 3 is 2.36 bits per heavy atom. The number of aliphatic hydroxyl groups excluding tert-OH is 1. The fraction of sp³-hybridized carbons (Fsp3) is 0.471. The number of ether oxygens (including phenoxy) is 2. The number of aliphatic hydroxyl groups is 1. The minimum Gasteiger partial charge on any atom is -0.392 e. The number of thioether (sulfide) groups is 1. The summed E-state index contributed by atoms with van der Waals surface area (Å²) < 4.78 is 13.0. The molecule has 0 radical (unpaired) electrons. The Balaban J connectivity index is 1.05. The first-order valence-corrected chi connectivity index (χ1v) is 16.2. The standard InChI is InChI=1S/C34H39N3O4S/c38-20-22-7-9-26(10-8-22)30-16-29(21-42-31-6-1-2-11-35-31)40-32(41-30)27-4-3-5-28(15-27)36-33(39)37-34-17-23-12-24(18-34)14-25(13-23)19-34/h1-11,15,23-25,29-30,32,38H,12-14,16-21H2,(H2,36,37,39)/t23?,24?,25?,29-,30+,32+,34?/m0/s1. The molecule has 4 saturated carbocycles. The van der Waals surface area contributed by atoms with Crippen molar-refractivity contribution in [1.82, 2.24) is 10.3 Å². The van der Waals surface area contributed by atoms with Gasteiger partial charge in [0.2, 0.25) is 0 Å². The SMILES string of the molecule is O=C(Nc1cccc([C@@H]2O[C@H](CSc3ccccn3)C[C@H](c3ccc(CO)cc3)O2)c1)NC12CC3CC(CC(C3)C1)C2. The molecule has 8 rings (SSSR count). The van der Waals surface area contributed by atoms with E-state index in [9.17, 15) is 9.90 Å². The van der Waals surface area contributed by atoms with Gasteiger partial charge in [-0.1, -0.05) is 42.5 Å². The lowest BCUT2D eigenvalue weighted by molar-refractivity contribution is -0.245. The summed E-state index contributed by atoms with van der Waals surface area (Å²) in [6.45, 7) is 0.0110. The van der Waals surface area contributed by atoms with Crippen LogP contribution >= 0.6 is 11.8 Å². The second-order valence-corrected chi connectivity index (χ2v) is 13.8. The zero-order valence-corrected chi connectivity index (χ0v) is 24.6. The Morgan fingerprint density at radius 1 is 0.905 bits per heavy atom.